The highest BCUT2D eigenvalue weighted by Gasteiger charge is 2.17. The van der Waals surface area contributed by atoms with Gasteiger partial charge in [0, 0.05) is 11.6 Å². The van der Waals surface area contributed by atoms with Crippen LogP contribution >= 0.6 is 0 Å². The van der Waals surface area contributed by atoms with E-state index >= 15 is 0 Å². The molecule has 1 heterocycles. The van der Waals surface area contributed by atoms with E-state index < -0.39 is 5.97 Å². The van der Waals surface area contributed by atoms with E-state index in [-0.39, 0.29) is 5.82 Å². The number of carbonyl (C=O) groups is 1. The first kappa shape index (κ1) is 13.8. The summed E-state index contributed by atoms with van der Waals surface area (Å²) in [6.45, 7) is 0. The Labute approximate surface area is 126 Å². The molecule has 0 bridgehead atoms. The lowest BCUT2D eigenvalue weighted by molar-refractivity contribution is 0.0683. The maximum absolute atomic E-state index is 11.2. The fourth-order valence-corrected chi connectivity index (χ4v) is 2.10. The number of rotatable bonds is 4. The maximum Gasteiger partial charge on any atom is 0.375 e. The molecule has 3 aromatic rings. The van der Waals surface area contributed by atoms with Crippen LogP contribution in [-0.2, 0) is 0 Å². The van der Waals surface area contributed by atoms with Crippen molar-refractivity contribution in [1.82, 2.24) is 14.8 Å². The van der Waals surface area contributed by atoms with Gasteiger partial charge in [0.1, 0.15) is 5.75 Å². The minimum atomic E-state index is -1.17. The van der Waals surface area contributed by atoms with E-state index in [0.29, 0.717) is 17.3 Å². The average molecular weight is 295 g/mol. The number of nitrogens with zero attached hydrogens (tertiary/aromatic N) is 3. The summed E-state index contributed by atoms with van der Waals surface area (Å²) in [6, 6.07) is 16.5. The van der Waals surface area contributed by atoms with Crippen LogP contribution in [0.1, 0.15) is 10.6 Å². The van der Waals surface area contributed by atoms with Gasteiger partial charge in [-0.3, -0.25) is 0 Å². The number of hydrogen-bond acceptors (Lipinski definition) is 4. The third-order valence-corrected chi connectivity index (χ3v) is 3.13. The monoisotopic (exact) mass is 295 g/mol. The standard InChI is InChI=1S/C16H13N3O3/c1-22-13-9-5-8-12(10-13)19-15(11-6-3-2-4-7-11)17-14(18-19)16(20)21/h2-10H,1H3,(H,20,21). The highest BCUT2D eigenvalue weighted by Crippen LogP contribution is 2.23. The highest BCUT2D eigenvalue weighted by atomic mass is 16.5. The van der Waals surface area contributed by atoms with Gasteiger partial charge >= 0.3 is 5.97 Å². The second-order valence-corrected chi connectivity index (χ2v) is 4.54. The lowest BCUT2D eigenvalue weighted by atomic mass is 10.2. The first-order valence-corrected chi connectivity index (χ1v) is 6.59. The number of aromatic nitrogens is 3. The lowest BCUT2D eigenvalue weighted by Crippen LogP contribution is -2.02. The van der Waals surface area contributed by atoms with Crippen molar-refractivity contribution in [3.8, 4) is 22.8 Å². The Bertz CT molecular complexity index is 813. The van der Waals surface area contributed by atoms with Crippen LogP contribution in [0.3, 0.4) is 0 Å². The van der Waals surface area contributed by atoms with E-state index in [2.05, 4.69) is 10.1 Å². The van der Waals surface area contributed by atoms with Gasteiger partial charge in [0.25, 0.3) is 5.82 Å². The molecule has 0 aliphatic heterocycles. The van der Waals surface area contributed by atoms with Gasteiger partial charge < -0.3 is 9.84 Å². The number of methoxy groups -OCH3 is 1. The van der Waals surface area contributed by atoms with Gasteiger partial charge in [0.2, 0.25) is 0 Å². The molecule has 0 aliphatic rings. The molecule has 2 aromatic carbocycles. The van der Waals surface area contributed by atoms with Crippen molar-refractivity contribution in [2.24, 2.45) is 0 Å². The molecule has 6 nitrogen and oxygen atoms in total. The van der Waals surface area contributed by atoms with Crippen molar-refractivity contribution in [2.75, 3.05) is 7.11 Å². The summed E-state index contributed by atoms with van der Waals surface area (Å²) in [7, 11) is 1.57. The van der Waals surface area contributed by atoms with Crippen molar-refractivity contribution in [2.45, 2.75) is 0 Å². The number of benzene rings is 2. The zero-order chi connectivity index (χ0) is 15.5. The summed E-state index contributed by atoms with van der Waals surface area (Å²) in [4.78, 5) is 15.3. The lowest BCUT2D eigenvalue weighted by Gasteiger charge is -2.07. The minimum absolute atomic E-state index is 0.248. The van der Waals surface area contributed by atoms with Gasteiger partial charge in [-0.25, -0.2) is 14.5 Å². The maximum atomic E-state index is 11.2. The summed E-state index contributed by atoms with van der Waals surface area (Å²) in [6.07, 6.45) is 0. The summed E-state index contributed by atoms with van der Waals surface area (Å²) < 4.78 is 6.70. The number of hydrogen-bond donors (Lipinski definition) is 1. The molecule has 0 aliphatic carbocycles. The van der Waals surface area contributed by atoms with Crippen LogP contribution in [0.5, 0.6) is 5.75 Å². The summed E-state index contributed by atoms with van der Waals surface area (Å²) in [5.41, 5.74) is 1.46. The number of carboxylic acids is 1. The Morgan fingerprint density at radius 1 is 1.14 bits per heavy atom. The number of aromatic carboxylic acids is 1. The van der Waals surface area contributed by atoms with Gasteiger partial charge in [-0.15, -0.1) is 5.10 Å². The Morgan fingerprint density at radius 2 is 1.91 bits per heavy atom. The van der Waals surface area contributed by atoms with Gasteiger partial charge in [-0.2, -0.15) is 0 Å². The fraction of sp³-hybridized carbons (Fsp3) is 0.0625. The van der Waals surface area contributed by atoms with E-state index in [9.17, 15) is 4.79 Å². The van der Waals surface area contributed by atoms with Crippen molar-refractivity contribution in [3.05, 3.63) is 60.4 Å². The number of ether oxygens (including phenoxy) is 1. The van der Waals surface area contributed by atoms with Crippen LogP contribution in [0.2, 0.25) is 0 Å². The van der Waals surface area contributed by atoms with Gasteiger partial charge in [-0.05, 0) is 12.1 Å². The van der Waals surface area contributed by atoms with Gasteiger partial charge in [-0.1, -0.05) is 36.4 Å². The highest BCUT2D eigenvalue weighted by molar-refractivity contribution is 5.84. The Balaban J connectivity index is 2.19. The molecular weight excluding hydrogens is 282 g/mol. The molecule has 22 heavy (non-hydrogen) atoms. The van der Waals surface area contributed by atoms with Crippen molar-refractivity contribution in [1.29, 1.82) is 0 Å². The van der Waals surface area contributed by atoms with E-state index in [1.807, 2.05) is 42.5 Å². The molecule has 0 radical (unpaired) electrons. The van der Waals surface area contributed by atoms with Gasteiger partial charge in [0.05, 0.1) is 12.8 Å². The van der Waals surface area contributed by atoms with Gasteiger partial charge in [0.15, 0.2) is 5.82 Å². The van der Waals surface area contributed by atoms with E-state index in [4.69, 9.17) is 9.84 Å². The topological polar surface area (TPSA) is 77.2 Å². The van der Waals surface area contributed by atoms with E-state index in [0.717, 1.165) is 5.56 Å². The normalized spacial score (nSPS) is 10.4. The Morgan fingerprint density at radius 3 is 2.59 bits per heavy atom. The molecule has 0 amide bonds. The average Bonchev–Trinajstić information content (AvgIpc) is 3.01. The molecule has 6 heteroatoms. The van der Waals surface area contributed by atoms with E-state index in [1.54, 1.807) is 19.2 Å². The van der Waals surface area contributed by atoms with Crippen LogP contribution in [0.25, 0.3) is 17.1 Å². The van der Waals surface area contributed by atoms with Crippen LogP contribution < -0.4 is 4.74 Å². The molecule has 0 atom stereocenters. The SMILES string of the molecule is COc1cccc(-n2nc(C(=O)O)nc2-c2ccccc2)c1. The molecule has 0 saturated carbocycles. The molecule has 0 fully saturated rings. The molecule has 3 rings (SSSR count). The summed E-state index contributed by atoms with van der Waals surface area (Å²) in [5, 5.41) is 13.2. The summed E-state index contributed by atoms with van der Waals surface area (Å²) in [5.74, 6) is -0.296. The second kappa shape index (κ2) is 5.69. The zero-order valence-corrected chi connectivity index (χ0v) is 11.8. The van der Waals surface area contributed by atoms with Crippen LogP contribution in [-0.4, -0.2) is 33.0 Å². The minimum Gasteiger partial charge on any atom is -0.497 e. The quantitative estimate of drug-likeness (QED) is 0.800. The van der Waals surface area contributed by atoms with Crippen LogP contribution in [0.15, 0.2) is 54.6 Å². The molecule has 1 aromatic heterocycles. The Hall–Kier alpha value is -3.15. The fourth-order valence-electron chi connectivity index (χ4n) is 2.10. The number of carboxylic acid groups (broad SMARTS) is 1. The first-order chi connectivity index (χ1) is 10.7. The summed E-state index contributed by atoms with van der Waals surface area (Å²) >= 11 is 0. The van der Waals surface area contributed by atoms with Crippen molar-refractivity contribution >= 4 is 5.97 Å². The third-order valence-electron chi connectivity index (χ3n) is 3.13. The molecule has 0 unspecified atom stereocenters. The van der Waals surface area contributed by atoms with Crippen molar-refractivity contribution < 1.29 is 14.6 Å². The second-order valence-electron chi connectivity index (χ2n) is 4.54. The predicted octanol–water partition coefficient (Wildman–Crippen LogP) is 2.64. The molecular formula is C16H13N3O3. The molecule has 0 spiro atoms. The molecule has 0 saturated heterocycles. The first-order valence-electron chi connectivity index (χ1n) is 6.59. The largest absolute Gasteiger partial charge is 0.497 e. The van der Waals surface area contributed by atoms with Crippen LogP contribution in [0.4, 0.5) is 0 Å². The third kappa shape index (κ3) is 2.54. The molecule has 110 valence electrons. The predicted molar refractivity (Wildman–Crippen MR) is 80.3 cm³/mol. The van der Waals surface area contributed by atoms with E-state index in [1.165, 1.54) is 4.68 Å². The van der Waals surface area contributed by atoms with Crippen molar-refractivity contribution in [3.63, 3.8) is 0 Å². The Kier molecular flexibility index (Phi) is 3.57. The van der Waals surface area contributed by atoms with Crippen LogP contribution in [0, 0.1) is 0 Å². The zero-order valence-electron chi connectivity index (χ0n) is 11.8. The molecule has 1 N–H and O–H groups in total. The smallest absolute Gasteiger partial charge is 0.375 e.